The van der Waals surface area contributed by atoms with Gasteiger partial charge in [-0.05, 0) is 25.0 Å². The molecule has 2 rings (SSSR count). The molecular weight excluding hydrogens is 214 g/mol. The van der Waals surface area contributed by atoms with Gasteiger partial charge in [0.1, 0.15) is 0 Å². The molecule has 0 bridgehead atoms. The topological polar surface area (TPSA) is 81.1 Å². The van der Waals surface area contributed by atoms with Crippen LogP contribution in [0.1, 0.15) is 42.5 Å². The summed E-state index contributed by atoms with van der Waals surface area (Å²) in [7, 11) is 0. The Labute approximate surface area is 101 Å². The number of nitrogens with one attached hydrogen (secondary N) is 1. The van der Waals surface area contributed by atoms with Crippen LogP contribution in [0.3, 0.4) is 0 Å². The molecule has 0 atom stereocenters. The molecule has 5 N–H and O–H groups in total. The number of carbonyl (C=O) groups excluding carboxylic acids is 1. The quantitative estimate of drug-likeness (QED) is 0.699. The van der Waals surface area contributed by atoms with Gasteiger partial charge < -0.3 is 16.8 Å². The fourth-order valence-electron chi connectivity index (χ4n) is 2.39. The van der Waals surface area contributed by atoms with Gasteiger partial charge in [0.05, 0.1) is 16.9 Å². The Morgan fingerprint density at radius 2 is 1.94 bits per heavy atom. The molecule has 1 amide bonds. The molecule has 1 fully saturated rings. The van der Waals surface area contributed by atoms with E-state index in [1.807, 2.05) is 0 Å². The molecule has 4 heteroatoms. The zero-order chi connectivity index (χ0) is 12.3. The van der Waals surface area contributed by atoms with Gasteiger partial charge in [-0.3, -0.25) is 4.79 Å². The lowest BCUT2D eigenvalue weighted by atomic mass is 9.95. The number of nitrogen functional groups attached to an aromatic ring is 1. The Morgan fingerprint density at radius 3 is 2.59 bits per heavy atom. The summed E-state index contributed by atoms with van der Waals surface area (Å²) >= 11 is 0. The molecule has 1 aliphatic carbocycles. The summed E-state index contributed by atoms with van der Waals surface area (Å²) in [6.07, 6.45) is 6.02. The van der Waals surface area contributed by atoms with Crippen molar-refractivity contribution in [1.29, 1.82) is 0 Å². The minimum absolute atomic E-state index is 0.409. The van der Waals surface area contributed by atoms with Crippen molar-refractivity contribution in [2.45, 2.75) is 38.1 Å². The predicted octanol–water partition coefficient (Wildman–Crippen LogP) is 2.11. The fourth-order valence-corrected chi connectivity index (χ4v) is 2.39. The summed E-state index contributed by atoms with van der Waals surface area (Å²) in [6, 6.07) is 5.66. The van der Waals surface area contributed by atoms with Crippen LogP contribution in [0, 0.1) is 0 Å². The van der Waals surface area contributed by atoms with Crippen LogP contribution in [0.25, 0.3) is 0 Å². The monoisotopic (exact) mass is 233 g/mol. The van der Waals surface area contributed by atoms with Crippen molar-refractivity contribution in [1.82, 2.24) is 0 Å². The lowest BCUT2D eigenvalue weighted by Gasteiger charge is -2.25. The number of benzene rings is 1. The molecule has 17 heavy (non-hydrogen) atoms. The van der Waals surface area contributed by atoms with Crippen molar-refractivity contribution in [3.8, 4) is 0 Å². The van der Waals surface area contributed by atoms with Crippen LogP contribution in [0.2, 0.25) is 0 Å². The summed E-state index contributed by atoms with van der Waals surface area (Å²) in [5.74, 6) is -0.435. The number of carbonyl (C=O) groups is 1. The smallest absolute Gasteiger partial charge is 0.250 e. The van der Waals surface area contributed by atoms with Crippen molar-refractivity contribution in [2.24, 2.45) is 5.73 Å². The first-order valence-corrected chi connectivity index (χ1v) is 6.13. The van der Waals surface area contributed by atoms with Crippen LogP contribution >= 0.6 is 0 Å². The summed E-state index contributed by atoms with van der Waals surface area (Å²) in [6.45, 7) is 0. The maximum atomic E-state index is 11.3. The Balaban J connectivity index is 2.21. The highest BCUT2D eigenvalue weighted by Gasteiger charge is 2.17. The molecule has 0 radical (unpaired) electrons. The van der Waals surface area contributed by atoms with Crippen LogP contribution in [-0.2, 0) is 0 Å². The number of hydrogen-bond donors (Lipinski definition) is 3. The minimum Gasteiger partial charge on any atom is -0.397 e. The van der Waals surface area contributed by atoms with E-state index >= 15 is 0 Å². The molecule has 92 valence electrons. The van der Waals surface area contributed by atoms with Gasteiger partial charge in [-0.2, -0.15) is 0 Å². The predicted molar refractivity (Wildman–Crippen MR) is 69.9 cm³/mol. The molecule has 0 unspecified atom stereocenters. The fraction of sp³-hybridized carbons (Fsp3) is 0.462. The third-order valence-electron chi connectivity index (χ3n) is 3.32. The normalized spacial score (nSPS) is 16.7. The van der Waals surface area contributed by atoms with Crippen molar-refractivity contribution < 1.29 is 4.79 Å². The average molecular weight is 233 g/mol. The number of rotatable bonds is 3. The van der Waals surface area contributed by atoms with Gasteiger partial charge in [-0.15, -0.1) is 0 Å². The largest absolute Gasteiger partial charge is 0.397 e. The van der Waals surface area contributed by atoms with Crippen molar-refractivity contribution >= 4 is 17.3 Å². The van der Waals surface area contributed by atoms with E-state index in [1.165, 1.54) is 19.3 Å². The zero-order valence-electron chi connectivity index (χ0n) is 9.91. The van der Waals surface area contributed by atoms with Crippen LogP contribution < -0.4 is 16.8 Å². The number of primary amides is 1. The first kappa shape index (κ1) is 11.8. The van der Waals surface area contributed by atoms with Crippen LogP contribution in [0.15, 0.2) is 18.2 Å². The van der Waals surface area contributed by atoms with Gasteiger partial charge in [-0.1, -0.05) is 25.3 Å². The molecule has 0 saturated heterocycles. The standard InChI is InChI=1S/C13H19N3O/c14-11-8-4-7-10(13(15)17)12(11)16-9-5-2-1-3-6-9/h4,7-9,16H,1-3,5-6,14H2,(H2,15,17). The van der Waals surface area contributed by atoms with E-state index in [9.17, 15) is 4.79 Å². The highest BCUT2D eigenvalue weighted by molar-refractivity contribution is 6.01. The molecule has 1 aliphatic rings. The first-order chi connectivity index (χ1) is 8.18. The van der Waals surface area contributed by atoms with E-state index in [-0.39, 0.29) is 0 Å². The van der Waals surface area contributed by atoms with Gasteiger partial charge in [0.15, 0.2) is 0 Å². The number of amides is 1. The Hall–Kier alpha value is -1.71. The number of para-hydroxylation sites is 1. The van der Waals surface area contributed by atoms with Gasteiger partial charge in [0.25, 0.3) is 5.91 Å². The second-order valence-electron chi connectivity index (χ2n) is 4.61. The minimum atomic E-state index is -0.435. The van der Waals surface area contributed by atoms with Gasteiger partial charge in [0.2, 0.25) is 0 Å². The molecule has 1 aromatic rings. The zero-order valence-corrected chi connectivity index (χ0v) is 9.91. The van der Waals surface area contributed by atoms with Crippen molar-refractivity contribution in [2.75, 3.05) is 11.1 Å². The van der Waals surface area contributed by atoms with Crippen molar-refractivity contribution in [3.05, 3.63) is 23.8 Å². The third kappa shape index (κ3) is 2.70. The Kier molecular flexibility index (Phi) is 3.52. The number of hydrogen-bond acceptors (Lipinski definition) is 3. The number of nitrogens with two attached hydrogens (primary N) is 2. The SMILES string of the molecule is NC(=O)c1cccc(N)c1NC1CCCCC1. The second kappa shape index (κ2) is 5.08. The van der Waals surface area contributed by atoms with E-state index in [0.29, 0.717) is 23.0 Å². The van der Waals surface area contributed by atoms with Gasteiger partial charge in [0, 0.05) is 6.04 Å². The van der Waals surface area contributed by atoms with Crippen molar-refractivity contribution in [3.63, 3.8) is 0 Å². The Bertz CT molecular complexity index is 411. The highest BCUT2D eigenvalue weighted by Crippen LogP contribution is 2.28. The van der Waals surface area contributed by atoms with Crippen LogP contribution in [0.4, 0.5) is 11.4 Å². The van der Waals surface area contributed by atoms with E-state index in [2.05, 4.69) is 5.32 Å². The first-order valence-electron chi connectivity index (χ1n) is 6.13. The maximum absolute atomic E-state index is 11.3. The molecule has 0 spiro atoms. The lowest BCUT2D eigenvalue weighted by Crippen LogP contribution is -2.25. The van der Waals surface area contributed by atoms with Gasteiger partial charge >= 0.3 is 0 Å². The molecule has 0 aliphatic heterocycles. The van der Waals surface area contributed by atoms with E-state index in [4.69, 9.17) is 11.5 Å². The number of anilines is 2. The van der Waals surface area contributed by atoms with Crippen LogP contribution in [0.5, 0.6) is 0 Å². The van der Waals surface area contributed by atoms with Crippen LogP contribution in [-0.4, -0.2) is 11.9 Å². The average Bonchev–Trinajstić information content (AvgIpc) is 2.33. The van der Waals surface area contributed by atoms with E-state index in [0.717, 1.165) is 12.8 Å². The molecule has 0 heterocycles. The molecular formula is C13H19N3O. The molecule has 1 aromatic carbocycles. The van der Waals surface area contributed by atoms with E-state index < -0.39 is 5.91 Å². The highest BCUT2D eigenvalue weighted by atomic mass is 16.1. The van der Waals surface area contributed by atoms with E-state index in [1.54, 1.807) is 18.2 Å². The molecule has 4 nitrogen and oxygen atoms in total. The second-order valence-corrected chi connectivity index (χ2v) is 4.61. The molecule has 0 aromatic heterocycles. The summed E-state index contributed by atoms with van der Waals surface area (Å²) in [5, 5.41) is 3.37. The Morgan fingerprint density at radius 1 is 1.24 bits per heavy atom. The third-order valence-corrected chi connectivity index (χ3v) is 3.32. The summed E-state index contributed by atoms with van der Waals surface area (Å²) in [5.41, 5.74) is 13.0. The molecule has 1 saturated carbocycles. The lowest BCUT2D eigenvalue weighted by molar-refractivity contribution is 0.100. The maximum Gasteiger partial charge on any atom is 0.250 e. The summed E-state index contributed by atoms with van der Waals surface area (Å²) < 4.78 is 0. The summed E-state index contributed by atoms with van der Waals surface area (Å²) in [4.78, 5) is 11.3. The van der Waals surface area contributed by atoms with Gasteiger partial charge in [-0.25, -0.2) is 0 Å².